The first-order valence-corrected chi connectivity index (χ1v) is 8.00. The average molecular weight is 322 g/mol. The van der Waals surface area contributed by atoms with Crippen LogP contribution in [0.1, 0.15) is 34.7 Å². The van der Waals surface area contributed by atoms with Gasteiger partial charge in [-0.2, -0.15) is 5.10 Å². The van der Waals surface area contributed by atoms with Crippen molar-refractivity contribution in [3.05, 3.63) is 83.2 Å². The lowest BCUT2D eigenvalue weighted by Gasteiger charge is -2.25. The summed E-state index contributed by atoms with van der Waals surface area (Å²) in [6.07, 6.45) is -0.712. The highest BCUT2D eigenvalue weighted by Crippen LogP contribution is 2.33. The van der Waals surface area contributed by atoms with Crippen molar-refractivity contribution in [2.24, 2.45) is 0 Å². The predicted octanol–water partition coefficient (Wildman–Crippen LogP) is 3.83. The van der Waals surface area contributed by atoms with Crippen molar-refractivity contribution in [1.29, 1.82) is 0 Å². The summed E-state index contributed by atoms with van der Waals surface area (Å²) >= 11 is 0. The minimum absolute atomic E-state index is 0.284. The van der Waals surface area contributed by atoms with Crippen molar-refractivity contribution >= 4 is 0 Å². The molecule has 2 aromatic carbocycles. The Hall–Kier alpha value is -2.59. The normalized spacial score (nSPS) is 13.5. The van der Waals surface area contributed by atoms with Crippen molar-refractivity contribution in [1.82, 2.24) is 9.78 Å². The van der Waals surface area contributed by atoms with E-state index in [-0.39, 0.29) is 6.04 Å². The lowest BCUT2D eigenvalue weighted by Crippen LogP contribution is -2.21. The molecule has 0 spiro atoms. The van der Waals surface area contributed by atoms with Gasteiger partial charge < -0.3 is 9.84 Å². The number of hydrogen-bond acceptors (Lipinski definition) is 3. The molecule has 0 amide bonds. The molecule has 1 heterocycles. The van der Waals surface area contributed by atoms with Crippen LogP contribution in [0.5, 0.6) is 5.75 Å². The van der Waals surface area contributed by atoms with Gasteiger partial charge in [0.25, 0.3) is 0 Å². The molecule has 0 aliphatic carbocycles. The fraction of sp³-hybridized carbons (Fsp3) is 0.250. The van der Waals surface area contributed by atoms with E-state index in [0.717, 1.165) is 28.3 Å². The van der Waals surface area contributed by atoms with E-state index in [1.165, 1.54) is 0 Å². The minimum atomic E-state index is -0.712. The summed E-state index contributed by atoms with van der Waals surface area (Å²) in [7, 11) is 1.63. The van der Waals surface area contributed by atoms with Crippen LogP contribution in [0.25, 0.3) is 0 Å². The van der Waals surface area contributed by atoms with E-state index in [1.54, 1.807) is 7.11 Å². The van der Waals surface area contributed by atoms with E-state index in [4.69, 9.17) is 4.74 Å². The summed E-state index contributed by atoms with van der Waals surface area (Å²) in [6.45, 7) is 3.97. The topological polar surface area (TPSA) is 47.3 Å². The number of ether oxygens (including phenoxy) is 1. The summed E-state index contributed by atoms with van der Waals surface area (Å²) in [5, 5.41) is 15.7. The maximum atomic E-state index is 11.1. The molecule has 1 N–H and O–H groups in total. The number of hydrogen-bond donors (Lipinski definition) is 1. The fourth-order valence-electron chi connectivity index (χ4n) is 3.02. The highest BCUT2D eigenvalue weighted by Gasteiger charge is 2.26. The van der Waals surface area contributed by atoms with Gasteiger partial charge in [-0.15, -0.1) is 0 Å². The van der Waals surface area contributed by atoms with Gasteiger partial charge >= 0.3 is 0 Å². The largest absolute Gasteiger partial charge is 0.497 e. The van der Waals surface area contributed by atoms with Crippen LogP contribution in [0.2, 0.25) is 0 Å². The van der Waals surface area contributed by atoms with Crippen LogP contribution in [-0.4, -0.2) is 22.0 Å². The third kappa shape index (κ3) is 3.19. The Morgan fingerprint density at radius 3 is 2.17 bits per heavy atom. The summed E-state index contributed by atoms with van der Waals surface area (Å²) in [5.41, 5.74) is 3.81. The summed E-state index contributed by atoms with van der Waals surface area (Å²) < 4.78 is 7.10. The molecular weight excluding hydrogens is 300 g/mol. The summed E-state index contributed by atoms with van der Waals surface area (Å²) in [6, 6.07) is 19.2. The maximum absolute atomic E-state index is 11.1. The minimum Gasteiger partial charge on any atom is -0.497 e. The monoisotopic (exact) mass is 322 g/mol. The number of benzene rings is 2. The zero-order chi connectivity index (χ0) is 17.1. The second-order valence-corrected chi connectivity index (χ2v) is 5.95. The molecule has 0 bridgehead atoms. The molecule has 3 rings (SSSR count). The Morgan fingerprint density at radius 1 is 0.958 bits per heavy atom. The molecule has 4 nitrogen and oxygen atoms in total. The van der Waals surface area contributed by atoms with Crippen LogP contribution in [-0.2, 0) is 0 Å². The highest BCUT2D eigenvalue weighted by molar-refractivity contribution is 5.32. The number of aromatic nitrogens is 2. The standard InChI is InChI=1S/C20H22N2O2/c1-14-13-15(2)22(21-14)19(16-7-5-4-6-8-16)20(23)17-9-11-18(24-3)12-10-17/h4-13,19-20,23H,1-3H3. The van der Waals surface area contributed by atoms with Gasteiger partial charge in [0.1, 0.15) is 17.9 Å². The SMILES string of the molecule is COc1ccc(C(O)C(c2ccccc2)n2nc(C)cc2C)cc1. The van der Waals surface area contributed by atoms with E-state index < -0.39 is 6.10 Å². The van der Waals surface area contributed by atoms with E-state index in [0.29, 0.717) is 0 Å². The second kappa shape index (κ2) is 6.89. The van der Waals surface area contributed by atoms with E-state index in [2.05, 4.69) is 5.10 Å². The Kier molecular flexibility index (Phi) is 4.67. The first kappa shape index (κ1) is 16.3. The van der Waals surface area contributed by atoms with Crippen molar-refractivity contribution in [3.63, 3.8) is 0 Å². The summed E-state index contributed by atoms with van der Waals surface area (Å²) in [5.74, 6) is 0.772. The average Bonchev–Trinajstić information content (AvgIpc) is 2.94. The molecule has 2 unspecified atom stereocenters. The van der Waals surface area contributed by atoms with E-state index >= 15 is 0 Å². The summed E-state index contributed by atoms with van der Waals surface area (Å²) in [4.78, 5) is 0. The van der Waals surface area contributed by atoms with Crippen molar-refractivity contribution < 1.29 is 9.84 Å². The molecule has 0 radical (unpaired) electrons. The third-order valence-electron chi connectivity index (χ3n) is 4.21. The molecule has 1 aromatic heterocycles. The lowest BCUT2D eigenvalue weighted by atomic mass is 9.95. The first-order chi connectivity index (χ1) is 11.6. The zero-order valence-electron chi connectivity index (χ0n) is 14.2. The number of rotatable bonds is 5. The molecule has 24 heavy (non-hydrogen) atoms. The number of aliphatic hydroxyl groups excluding tert-OH is 1. The molecule has 4 heteroatoms. The van der Waals surface area contributed by atoms with Gasteiger partial charge in [0.05, 0.1) is 12.8 Å². The van der Waals surface area contributed by atoms with Crippen LogP contribution >= 0.6 is 0 Å². The number of aliphatic hydroxyl groups is 1. The Balaban J connectivity index is 2.05. The zero-order valence-corrected chi connectivity index (χ0v) is 14.2. The van der Waals surface area contributed by atoms with E-state index in [1.807, 2.05) is 79.2 Å². The molecule has 0 fully saturated rings. The Morgan fingerprint density at radius 2 is 1.62 bits per heavy atom. The molecule has 0 saturated carbocycles. The van der Waals surface area contributed by atoms with Crippen molar-refractivity contribution in [2.45, 2.75) is 26.0 Å². The van der Waals surface area contributed by atoms with Crippen molar-refractivity contribution in [2.75, 3.05) is 7.11 Å². The number of methoxy groups -OCH3 is 1. The van der Waals surface area contributed by atoms with Gasteiger partial charge in [0.2, 0.25) is 0 Å². The van der Waals surface area contributed by atoms with Crippen LogP contribution in [0.3, 0.4) is 0 Å². The predicted molar refractivity (Wildman–Crippen MR) is 94.2 cm³/mol. The van der Waals surface area contributed by atoms with Crippen LogP contribution in [0.15, 0.2) is 60.7 Å². The van der Waals surface area contributed by atoms with Gasteiger partial charge in [-0.1, -0.05) is 42.5 Å². The van der Waals surface area contributed by atoms with E-state index in [9.17, 15) is 5.11 Å². The molecule has 0 aliphatic heterocycles. The maximum Gasteiger partial charge on any atom is 0.118 e. The van der Waals surface area contributed by atoms with Crippen LogP contribution in [0, 0.1) is 13.8 Å². The van der Waals surface area contributed by atoms with Crippen molar-refractivity contribution in [3.8, 4) is 5.75 Å². The van der Waals surface area contributed by atoms with Gasteiger partial charge in [0, 0.05) is 5.69 Å². The van der Waals surface area contributed by atoms with Crippen LogP contribution in [0.4, 0.5) is 0 Å². The van der Waals surface area contributed by atoms with Crippen LogP contribution < -0.4 is 4.74 Å². The molecule has 0 saturated heterocycles. The second-order valence-electron chi connectivity index (χ2n) is 5.95. The molecule has 3 aromatic rings. The Labute approximate surface area is 142 Å². The lowest BCUT2D eigenvalue weighted by molar-refractivity contribution is 0.124. The fourth-order valence-corrected chi connectivity index (χ4v) is 3.02. The molecule has 124 valence electrons. The van der Waals surface area contributed by atoms with Gasteiger partial charge in [0.15, 0.2) is 0 Å². The molecule has 2 atom stereocenters. The smallest absolute Gasteiger partial charge is 0.118 e. The number of nitrogens with zero attached hydrogens (tertiary/aromatic N) is 2. The highest BCUT2D eigenvalue weighted by atomic mass is 16.5. The van der Waals surface area contributed by atoms with Gasteiger partial charge in [-0.05, 0) is 43.2 Å². The number of aryl methyl sites for hydroxylation is 2. The molecular formula is C20H22N2O2. The van der Waals surface area contributed by atoms with Gasteiger partial charge in [-0.25, -0.2) is 0 Å². The Bertz CT molecular complexity index is 794. The quantitative estimate of drug-likeness (QED) is 0.776. The third-order valence-corrected chi connectivity index (χ3v) is 4.21. The van der Waals surface area contributed by atoms with Gasteiger partial charge in [-0.3, -0.25) is 4.68 Å². The molecule has 0 aliphatic rings. The first-order valence-electron chi connectivity index (χ1n) is 8.00.